The predicted octanol–water partition coefficient (Wildman–Crippen LogP) is 8.29. The van der Waals surface area contributed by atoms with E-state index in [4.69, 9.17) is 0 Å². The molecule has 2 aromatic carbocycles. The molecule has 0 spiro atoms. The van der Waals surface area contributed by atoms with Crippen molar-refractivity contribution in [3.05, 3.63) is 69.8 Å². The molecule has 0 aliphatic carbocycles. The number of hydrogen-bond donors (Lipinski definition) is 0. The van der Waals surface area contributed by atoms with E-state index >= 15 is 0 Å². The van der Waals surface area contributed by atoms with Gasteiger partial charge in [0.1, 0.15) is 0 Å². The molecule has 0 aromatic heterocycles. The van der Waals surface area contributed by atoms with Crippen LogP contribution in [-0.2, 0) is 25.7 Å². The predicted molar refractivity (Wildman–Crippen MR) is 131 cm³/mol. The highest BCUT2D eigenvalue weighted by atomic mass is 16.1. The highest BCUT2D eigenvalue weighted by molar-refractivity contribution is 6.11. The van der Waals surface area contributed by atoms with Crippen molar-refractivity contribution < 1.29 is 4.79 Å². The van der Waals surface area contributed by atoms with Gasteiger partial charge in [0.15, 0.2) is 5.78 Å². The second kappa shape index (κ2) is 13.4. The summed E-state index contributed by atoms with van der Waals surface area (Å²) < 4.78 is 0. The van der Waals surface area contributed by atoms with E-state index in [-0.39, 0.29) is 5.78 Å². The molecule has 0 aliphatic heterocycles. The second-order valence-electron chi connectivity index (χ2n) is 8.73. The van der Waals surface area contributed by atoms with Crippen LogP contribution < -0.4 is 0 Å². The Bertz CT molecular complexity index is 721. The minimum Gasteiger partial charge on any atom is -0.289 e. The third-order valence-corrected chi connectivity index (χ3v) is 6.07. The van der Waals surface area contributed by atoms with Gasteiger partial charge in [-0.05, 0) is 73.6 Å². The van der Waals surface area contributed by atoms with Crippen molar-refractivity contribution in [3.63, 3.8) is 0 Å². The van der Waals surface area contributed by atoms with Crippen molar-refractivity contribution in [2.45, 2.75) is 105 Å². The van der Waals surface area contributed by atoms with E-state index in [1.54, 1.807) is 0 Å². The second-order valence-corrected chi connectivity index (χ2v) is 8.73. The molecule has 0 heterocycles. The molecular weight excluding hydrogens is 364 g/mol. The van der Waals surface area contributed by atoms with Crippen molar-refractivity contribution in [1.82, 2.24) is 0 Å². The van der Waals surface area contributed by atoms with Crippen LogP contribution in [-0.4, -0.2) is 5.78 Å². The Hall–Kier alpha value is -1.89. The first-order valence-electron chi connectivity index (χ1n) is 12.4. The van der Waals surface area contributed by atoms with Crippen molar-refractivity contribution >= 4 is 5.78 Å². The van der Waals surface area contributed by atoms with E-state index in [1.165, 1.54) is 47.9 Å². The molecule has 0 fully saturated rings. The lowest BCUT2D eigenvalue weighted by atomic mass is 9.88. The van der Waals surface area contributed by atoms with E-state index in [9.17, 15) is 4.79 Å². The van der Waals surface area contributed by atoms with Gasteiger partial charge in [-0.25, -0.2) is 0 Å². The molecule has 30 heavy (non-hydrogen) atoms. The van der Waals surface area contributed by atoms with Gasteiger partial charge in [-0.2, -0.15) is 0 Å². The number of benzene rings is 2. The average Bonchev–Trinajstić information content (AvgIpc) is 2.78. The van der Waals surface area contributed by atoms with Gasteiger partial charge in [-0.1, -0.05) is 89.8 Å². The molecule has 0 N–H and O–H groups in total. The maximum atomic E-state index is 13.7. The largest absolute Gasteiger partial charge is 0.289 e. The summed E-state index contributed by atoms with van der Waals surface area (Å²) in [5.41, 5.74) is 7.07. The molecule has 0 saturated carbocycles. The molecule has 1 heteroatoms. The van der Waals surface area contributed by atoms with Crippen LogP contribution >= 0.6 is 0 Å². The SMILES string of the molecule is CCCCc1ccc(C(=O)c2ccc(CCCC)cc2CCCC)c(CCCC)c1. The molecule has 2 rings (SSSR count). The molecule has 0 amide bonds. The summed E-state index contributed by atoms with van der Waals surface area (Å²) in [4.78, 5) is 13.7. The summed E-state index contributed by atoms with van der Waals surface area (Å²) in [6.07, 6.45) is 13.6. The molecule has 1 nitrogen and oxygen atoms in total. The van der Waals surface area contributed by atoms with Crippen molar-refractivity contribution in [1.29, 1.82) is 0 Å². The monoisotopic (exact) mass is 406 g/mol. The normalized spacial score (nSPS) is 11.1. The topological polar surface area (TPSA) is 17.1 Å². The first-order chi connectivity index (χ1) is 14.6. The van der Waals surface area contributed by atoms with Crippen LogP contribution in [0.3, 0.4) is 0 Å². The lowest BCUT2D eigenvalue weighted by Gasteiger charge is -2.15. The van der Waals surface area contributed by atoms with Gasteiger partial charge in [0.05, 0.1) is 0 Å². The van der Waals surface area contributed by atoms with Gasteiger partial charge in [0.2, 0.25) is 0 Å². The third kappa shape index (κ3) is 7.11. The Morgan fingerprint density at radius 3 is 1.30 bits per heavy atom. The summed E-state index contributed by atoms with van der Waals surface area (Å²) >= 11 is 0. The first-order valence-corrected chi connectivity index (χ1v) is 12.4. The summed E-state index contributed by atoms with van der Waals surface area (Å²) in [7, 11) is 0. The number of carbonyl (C=O) groups excluding carboxylic acids is 1. The van der Waals surface area contributed by atoms with Crippen molar-refractivity contribution in [2.24, 2.45) is 0 Å². The van der Waals surface area contributed by atoms with Crippen LogP contribution in [0.15, 0.2) is 36.4 Å². The Morgan fingerprint density at radius 1 is 0.567 bits per heavy atom. The Labute approximate surface area is 185 Å². The summed E-state index contributed by atoms with van der Waals surface area (Å²) in [6.45, 7) is 8.91. The fourth-order valence-electron chi connectivity index (χ4n) is 4.10. The third-order valence-electron chi connectivity index (χ3n) is 6.07. The highest BCUT2D eigenvalue weighted by Crippen LogP contribution is 2.24. The standard InChI is InChI=1S/C29H42O/c1-5-9-13-23-17-19-27(25(21-23)15-11-7-3)29(30)28-20-18-24(14-10-6-2)22-26(28)16-12-8-4/h17-22H,5-16H2,1-4H3. The summed E-state index contributed by atoms with van der Waals surface area (Å²) in [6, 6.07) is 13.2. The minimum atomic E-state index is 0.219. The van der Waals surface area contributed by atoms with Crippen LogP contribution in [0.1, 0.15) is 117 Å². The van der Waals surface area contributed by atoms with Gasteiger partial charge >= 0.3 is 0 Å². The molecule has 2 aromatic rings. The van der Waals surface area contributed by atoms with E-state index in [0.29, 0.717) is 0 Å². The molecule has 0 saturated heterocycles. The number of rotatable bonds is 14. The molecule has 164 valence electrons. The zero-order valence-electron chi connectivity index (χ0n) is 19.9. The van der Waals surface area contributed by atoms with Gasteiger partial charge in [0, 0.05) is 11.1 Å². The Kier molecular flexibility index (Phi) is 10.9. The molecule has 0 atom stereocenters. The van der Waals surface area contributed by atoms with Gasteiger partial charge in [-0.15, -0.1) is 0 Å². The van der Waals surface area contributed by atoms with E-state index in [1.807, 2.05) is 0 Å². The van der Waals surface area contributed by atoms with E-state index in [0.717, 1.165) is 62.5 Å². The zero-order chi connectivity index (χ0) is 21.8. The van der Waals surface area contributed by atoms with Crippen LogP contribution in [0.5, 0.6) is 0 Å². The highest BCUT2D eigenvalue weighted by Gasteiger charge is 2.18. The minimum absolute atomic E-state index is 0.219. The van der Waals surface area contributed by atoms with E-state index in [2.05, 4.69) is 64.1 Å². The lowest BCUT2D eigenvalue weighted by Crippen LogP contribution is -2.10. The maximum absolute atomic E-state index is 13.7. The summed E-state index contributed by atoms with van der Waals surface area (Å²) in [5, 5.41) is 0. The van der Waals surface area contributed by atoms with Crippen LogP contribution in [0, 0.1) is 0 Å². The summed E-state index contributed by atoms with van der Waals surface area (Å²) in [5.74, 6) is 0.219. The van der Waals surface area contributed by atoms with E-state index < -0.39 is 0 Å². The average molecular weight is 407 g/mol. The number of ketones is 1. The first kappa shape index (κ1) is 24.4. The quantitative estimate of drug-likeness (QED) is 0.288. The molecule has 0 radical (unpaired) electrons. The lowest BCUT2D eigenvalue weighted by molar-refractivity contribution is 0.103. The van der Waals surface area contributed by atoms with Crippen LogP contribution in [0.25, 0.3) is 0 Å². The van der Waals surface area contributed by atoms with Crippen LogP contribution in [0.4, 0.5) is 0 Å². The van der Waals surface area contributed by atoms with Gasteiger partial charge in [-0.3, -0.25) is 4.79 Å². The Morgan fingerprint density at radius 2 is 0.933 bits per heavy atom. The van der Waals surface area contributed by atoms with Crippen molar-refractivity contribution in [3.8, 4) is 0 Å². The number of carbonyl (C=O) groups is 1. The Balaban J connectivity index is 2.38. The molecule has 0 unspecified atom stereocenters. The van der Waals surface area contributed by atoms with Crippen LogP contribution in [0.2, 0.25) is 0 Å². The maximum Gasteiger partial charge on any atom is 0.193 e. The fourth-order valence-corrected chi connectivity index (χ4v) is 4.10. The number of aryl methyl sites for hydroxylation is 4. The smallest absolute Gasteiger partial charge is 0.193 e. The number of unbranched alkanes of at least 4 members (excludes halogenated alkanes) is 4. The zero-order valence-corrected chi connectivity index (χ0v) is 19.9. The van der Waals surface area contributed by atoms with Gasteiger partial charge < -0.3 is 0 Å². The fraction of sp³-hybridized carbons (Fsp3) is 0.552. The number of hydrogen-bond acceptors (Lipinski definition) is 1. The molecular formula is C29H42O. The van der Waals surface area contributed by atoms with Gasteiger partial charge in [0.25, 0.3) is 0 Å². The molecule has 0 aliphatic rings. The molecule has 0 bridgehead atoms. The van der Waals surface area contributed by atoms with Crippen molar-refractivity contribution in [2.75, 3.05) is 0 Å².